The topological polar surface area (TPSA) is 107 Å². The second-order valence-corrected chi connectivity index (χ2v) is 9.34. The summed E-state index contributed by atoms with van der Waals surface area (Å²) in [5, 5.41) is 1.22. The summed E-state index contributed by atoms with van der Waals surface area (Å²) in [4.78, 5) is 14.9. The lowest BCUT2D eigenvalue weighted by molar-refractivity contribution is 0.268. The Bertz CT molecular complexity index is 1390. The molecule has 10 heteroatoms. The molecular weight excluding hydrogens is 442 g/mol. The van der Waals surface area contributed by atoms with E-state index in [1.165, 1.54) is 19.5 Å². The van der Waals surface area contributed by atoms with Gasteiger partial charge in [-0.2, -0.15) is 0 Å². The van der Waals surface area contributed by atoms with Gasteiger partial charge in [0.1, 0.15) is 11.2 Å². The van der Waals surface area contributed by atoms with Gasteiger partial charge in [-0.1, -0.05) is 18.2 Å². The predicted molar refractivity (Wildman–Crippen MR) is 127 cm³/mol. The molecule has 33 heavy (non-hydrogen) atoms. The van der Waals surface area contributed by atoms with Crippen molar-refractivity contribution in [3.8, 4) is 11.5 Å². The monoisotopic (exact) mass is 467 g/mol. The molecule has 0 radical (unpaired) electrons. The van der Waals surface area contributed by atoms with E-state index < -0.39 is 10.0 Å². The Hall–Kier alpha value is -3.50. The van der Waals surface area contributed by atoms with Gasteiger partial charge in [-0.05, 0) is 38.7 Å². The smallest absolute Gasteiger partial charge is 0.265 e. The fraction of sp³-hybridized carbons (Fsp3) is 0.261. The molecule has 2 heterocycles. The summed E-state index contributed by atoms with van der Waals surface area (Å²) >= 11 is 0. The van der Waals surface area contributed by atoms with Crippen LogP contribution in [0.5, 0.6) is 11.5 Å². The van der Waals surface area contributed by atoms with Crippen LogP contribution in [0, 0.1) is 0 Å². The lowest BCUT2D eigenvalue weighted by atomic mass is 10.2. The van der Waals surface area contributed by atoms with Crippen LogP contribution in [0.4, 0.5) is 5.82 Å². The number of ether oxygens (including phenoxy) is 2. The third kappa shape index (κ3) is 4.96. The predicted octanol–water partition coefficient (Wildman–Crippen LogP) is 3.32. The maximum Gasteiger partial charge on any atom is 0.265 e. The summed E-state index contributed by atoms with van der Waals surface area (Å²) < 4.78 is 40.4. The lowest BCUT2D eigenvalue weighted by Crippen LogP contribution is -2.16. The molecule has 0 aliphatic carbocycles. The second-order valence-electron chi connectivity index (χ2n) is 7.68. The SMILES string of the molecule is COc1cc2c(NS(=O)(=O)c3cccc4cccnc34)ncnc2cc1OCCCN(C)C. The molecule has 0 spiro atoms. The molecule has 172 valence electrons. The van der Waals surface area contributed by atoms with Gasteiger partial charge in [0, 0.05) is 29.6 Å². The fourth-order valence-electron chi connectivity index (χ4n) is 3.46. The van der Waals surface area contributed by atoms with Crippen molar-refractivity contribution in [2.24, 2.45) is 0 Å². The number of nitrogens with zero attached hydrogens (tertiary/aromatic N) is 4. The van der Waals surface area contributed by atoms with Gasteiger partial charge in [0.2, 0.25) is 0 Å². The van der Waals surface area contributed by atoms with E-state index in [1.807, 2.05) is 26.2 Å². The number of aromatic nitrogens is 3. The van der Waals surface area contributed by atoms with Gasteiger partial charge in [0.15, 0.2) is 17.3 Å². The normalized spacial score (nSPS) is 11.8. The molecule has 0 saturated carbocycles. The molecule has 0 fully saturated rings. The van der Waals surface area contributed by atoms with Crippen LogP contribution in [-0.2, 0) is 10.0 Å². The highest BCUT2D eigenvalue weighted by molar-refractivity contribution is 7.93. The Morgan fingerprint density at radius 2 is 1.85 bits per heavy atom. The van der Waals surface area contributed by atoms with E-state index in [2.05, 4.69) is 24.6 Å². The van der Waals surface area contributed by atoms with E-state index in [4.69, 9.17) is 9.47 Å². The molecule has 2 aromatic heterocycles. The third-order valence-corrected chi connectivity index (χ3v) is 6.41. The average molecular weight is 468 g/mol. The number of anilines is 1. The molecule has 4 aromatic rings. The Morgan fingerprint density at radius 3 is 2.64 bits per heavy atom. The number of rotatable bonds is 9. The van der Waals surface area contributed by atoms with Gasteiger partial charge in [-0.25, -0.2) is 18.4 Å². The maximum absolute atomic E-state index is 13.2. The highest BCUT2D eigenvalue weighted by Gasteiger charge is 2.21. The molecule has 0 bridgehead atoms. The van der Waals surface area contributed by atoms with Crippen LogP contribution < -0.4 is 14.2 Å². The molecular formula is C23H25N5O4S. The van der Waals surface area contributed by atoms with Gasteiger partial charge in [-0.15, -0.1) is 0 Å². The van der Waals surface area contributed by atoms with E-state index in [-0.39, 0.29) is 10.7 Å². The minimum absolute atomic E-state index is 0.0696. The van der Waals surface area contributed by atoms with Crippen LogP contribution in [0.3, 0.4) is 0 Å². The number of methoxy groups -OCH3 is 1. The molecule has 0 saturated heterocycles. The average Bonchev–Trinajstić information content (AvgIpc) is 2.80. The summed E-state index contributed by atoms with van der Waals surface area (Å²) in [6, 6.07) is 12.0. The second kappa shape index (κ2) is 9.55. The first-order valence-electron chi connectivity index (χ1n) is 10.4. The lowest BCUT2D eigenvalue weighted by Gasteiger charge is -2.15. The zero-order chi connectivity index (χ0) is 23.4. The van der Waals surface area contributed by atoms with Crippen LogP contribution in [0.2, 0.25) is 0 Å². The van der Waals surface area contributed by atoms with Crippen LogP contribution in [0.1, 0.15) is 6.42 Å². The van der Waals surface area contributed by atoms with E-state index in [1.54, 1.807) is 30.5 Å². The minimum Gasteiger partial charge on any atom is -0.493 e. The van der Waals surface area contributed by atoms with Crippen molar-refractivity contribution < 1.29 is 17.9 Å². The van der Waals surface area contributed by atoms with E-state index in [9.17, 15) is 8.42 Å². The number of pyridine rings is 1. The van der Waals surface area contributed by atoms with Crippen molar-refractivity contribution >= 4 is 37.6 Å². The van der Waals surface area contributed by atoms with Gasteiger partial charge in [0.25, 0.3) is 10.0 Å². The van der Waals surface area contributed by atoms with Gasteiger partial charge in [-0.3, -0.25) is 9.71 Å². The van der Waals surface area contributed by atoms with Gasteiger partial charge in [0.05, 0.1) is 24.8 Å². The maximum atomic E-state index is 13.2. The molecule has 0 amide bonds. The van der Waals surface area contributed by atoms with Crippen molar-refractivity contribution in [1.82, 2.24) is 19.9 Å². The molecule has 2 aromatic carbocycles. The number of sulfonamides is 1. The number of fused-ring (bicyclic) bond motifs is 2. The largest absolute Gasteiger partial charge is 0.493 e. The molecule has 4 rings (SSSR count). The summed E-state index contributed by atoms with van der Waals surface area (Å²) in [7, 11) is 1.57. The molecule has 0 aliphatic rings. The Morgan fingerprint density at radius 1 is 1.03 bits per heavy atom. The van der Waals surface area contributed by atoms with Crippen molar-refractivity contribution in [2.45, 2.75) is 11.3 Å². The highest BCUT2D eigenvalue weighted by atomic mass is 32.2. The van der Waals surface area contributed by atoms with Crippen LogP contribution >= 0.6 is 0 Å². The zero-order valence-corrected chi connectivity index (χ0v) is 19.5. The molecule has 0 unspecified atom stereocenters. The van der Waals surface area contributed by atoms with E-state index in [0.29, 0.717) is 34.5 Å². The van der Waals surface area contributed by atoms with Crippen molar-refractivity contribution in [2.75, 3.05) is 39.1 Å². The quantitative estimate of drug-likeness (QED) is 0.374. The molecule has 0 atom stereocenters. The van der Waals surface area contributed by atoms with Gasteiger partial charge >= 0.3 is 0 Å². The number of hydrogen-bond donors (Lipinski definition) is 1. The Balaban J connectivity index is 1.68. The van der Waals surface area contributed by atoms with Crippen LogP contribution in [0.25, 0.3) is 21.8 Å². The summed E-state index contributed by atoms with van der Waals surface area (Å²) in [6.45, 7) is 1.41. The Labute approximate surface area is 192 Å². The van der Waals surface area contributed by atoms with Crippen molar-refractivity contribution in [1.29, 1.82) is 0 Å². The van der Waals surface area contributed by atoms with Gasteiger partial charge < -0.3 is 14.4 Å². The molecule has 1 N–H and O–H groups in total. The number of benzene rings is 2. The van der Waals surface area contributed by atoms with E-state index >= 15 is 0 Å². The van der Waals surface area contributed by atoms with Crippen molar-refractivity contribution in [3.05, 3.63) is 55.0 Å². The standard InChI is InChI=1S/C23H25N5O4S/c1-28(2)11-6-12-32-20-14-18-17(13-19(20)31-3)23(26-15-25-18)27-33(29,30)21-9-4-7-16-8-5-10-24-22(16)21/h4-5,7-10,13-15H,6,11-12H2,1-3H3,(H,25,26,27). The Kier molecular flexibility index (Phi) is 6.57. The summed E-state index contributed by atoms with van der Waals surface area (Å²) in [5.41, 5.74) is 0.916. The molecule has 9 nitrogen and oxygen atoms in total. The van der Waals surface area contributed by atoms with Crippen LogP contribution in [-0.4, -0.2) is 62.6 Å². The fourth-order valence-corrected chi connectivity index (χ4v) is 4.67. The third-order valence-electron chi connectivity index (χ3n) is 5.04. The first-order valence-corrected chi connectivity index (χ1v) is 11.8. The van der Waals surface area contributed by atoms with E-state index in [0.717, 1.165) is 18.4 Å². The summed E-state index contributed by atoms with van der Waals surface area (Å²) in [5.74, 6) is 1.15. The minimum atomic E-state index is -3.97. The van der Waals surface area contributed by atoms with Crippen LogP contribution in [0.15, 0.2) is 59.9 Å². The number of hydrogen-bond acceptors (Lipinski definition) is 8. The molecule has 0 aliphatic heterocycles. The number of nitrogens with one attached hydrogen (secondary N) is 1. The zero-order valence-electron chi connectivity index (χ0n) is 18.6. The van der Waals surface area contributed by atoms with Crippen molar-refractivity contribution in [3.63, 3.8) is 0 Å². The first kappa shape index (κ1) is 22.7. The number of para-hydroxylation sites is 1. The first-order chi connectivity index (χ1) is 15.9. The highest BCUT2D eigenvalue weighted by Crippen LogP contribution is 2.35. The summed E-state index contributed by atoms with van der Waals surface area (Å²) in [6.07, 6.45) is 3.72.